The third-order valence-corrected chi connectivity index (χ3v) is 6.92. The Hall–Kier alpha value is -3.60. The van der Waals surface area contributed by atoms with Crippen molar-refractivity contribution in [1.82, 2.24) is 0 Å². The van der Waals surface area contributed by atoms with Gasteiger partial charge in [-0.15, -0.1) is 0 Å². The van der Waals surface area contributed by atoms with Crippen LogP contribution >= 0.6 is 0 Å². The van der Waals surface area contributed by atoms with Gasteiger partial charge in [0.25, 0.3) is 0 Å². The predicted octanol–water partition coefficient (Wildman–Crippen LogP) is 6.02. The molecule has 0 radical (unpaired) electrons. The molecule has 1 aliphatic rings. The molecule has 0 unspecified atom stereocenters. The van der Waals surface area contributed by atoms with Crippen LogP contribution in [0.1, 0.15) is 46.7 Å². The molecule has 4 nitrogen and oxygen atoms in total. The summed E-state index contributed by atoms with van der Waals surface area (Å²) in [6, 6.07) is 31.8. The minimum Gasteiger partial charge on any atom is -0.497 e. The number of hydrogen-bond acceptors (Lipinski definition) is 4. The lowest BCUT2D eigenvalue weighted by atomic mass is 9.63. The highest BCUT2D eigenvalue weighted by Crippen LogP contribution is 2.54. The molecule has 0 spiro atoms. The summed E-state index contributed by atoms with van der Waals surface area (Å²) in [6.45, 7) is 2.67. The summed E-state index contributed by atoms with van der Waals surface area (Å²) in [7, 11) is 3.31. The quantitative estimate of drug-likeness (QED) is 0.362. The van der Waals surface area contributed by atoms with Gasteiger partial charge < -0.3 is 19.3 Å². The van der Waals surface area contributed by atoms with Crippen molar-refractivity contribution < 1.29 is 19.3 Å². The van der Waals surface area contributed by atoms with E-state index in [0.29, 0.717) is 6.61 Å². The number of aliphatic hydroxyl groups is 1. The highest BCUT2D eigenvalue weighted by atomic mass is 16.5. The molecule has 0 atom stereocenters. The molecule has 1 aliphatic carbocycles. The van der Waals surface area contributed by atoms with Crippen molar-refractivity contribution in [1.29, 1.82) is 0 Å². The highest BCUT2D eigenvalue weighted by molar-refractivity contribution is 5.65. The summed E-state index contributed by atoms with van der Waals surface area (Å²) in [5, 5.41) is 12.6. The van der Waals surface area contributed by atoms with E-state index < -0.39 is 11.2 Å². The minimum absolute atomic E-state index is 0.565. The molecular formula is C31H30O4. The van der Waals surface area contributed by atoms with Gasteiger partial charge in [-0.1, -0.05) is 79.7 Å². The standard InChI is InChI=1S/C31H30O4/c1-4-21-35-31(23-15-19-25(34-3)20-16-23)28-11-7-5-9-26(28)30(32,27-10-6-8-12-29(27)31)22-13-17-24(33-2)18-14-22/h5-20,32H,4,21H2,1-3H3. The third-order valence-electron chi connectivity index (χ3n) is 6.92. The second-order valence-electron chi connectivity index (χ2n) is 8.79. The van der Waals surface area contributed by atoms with Crippen LogP contribution in [-0.2, 0) is 15.9 Å². The van der Waals surface area contributed by atoms with Crippen LogP contribution in [0.5, 0.6) is 11.5 Å². The van der Waals surface area contributed by atoms with Crippen LogP contribution in [0, 0.1) is 0 Å². The summed E-state index contributed by atoms with van der Waals surface area (Å²) in [6.07, 6.45) is 0.866. The maximum Gasteiger partial charge on any atom is 0.144 e. The van der Waals surface area contributed by atoms with Gasteiger partial charge in [-0.05, 0) is 64.1 Å². The first kappa shape index (κ1) is 23.2. The fourth-order valence-corrected chi connectivity index (χ4v) is 5.28. The average Bonchev–Trinajstić information content (AvgIpc) is 2.93. The molecule has 5 rings (SSSR count). The van der Waals surface area contributed by atoms with Crippen LogP contribution < -0.4 is 9.47 Å². The Kier molecular flexibility index (Phi) is 6.10. The maximum absolute atomic E-state index is 12.6. The molecule has 0 bridgehead atoms. The van der Waals surface area contributed by atoms with Gasteiger partial charge in [0.05, 0.1) is 14.2 Å². The molecule has 1 N–H and O–H groups in total. The van der Waals surface area contributed by atoms with Crippen molar-refractivity contribution in [2.75, 3.05) is 20.8 Å². The van der Waals surface area contributed by atoms with E-state index in [0.717, 1.165) is 51.3 Å². The fraction of sp³-hybridized carbons (Fsp3) is 0.226. The van der Waals surface area contributed by atoms with E-state index in [2.05, 4.69) is 31.2 Å². The number of rotatable bonds is 7. The molecule has 0 aliphatic heterocycles. The topological polar surface area (TPSA) is 47.9 Å². The zero-order valence-corrected chi connectivity index (χ0v) is 20.3. The summed E-state index contributed by atoms with van der Waals surface area (Å²) >= 11 is 0. The van der Waals surface area contributed by atoms with Gasteiger partial charge in [0.2, 0.25) is 0 Å². The van der Waals surface area contributed by atoms with Crippen LogP contribution in [0.3, 0.4) is 0 Å². The van der Waals surface area contributed by atoms with Crippen molar-refractivity contribution in [3.8, 4) is 11.5 Å². The fourth-order valence-electron chi connectivity index (χ4n) is 5.28. The Labute approximate surface area is 206 Å². The molecule has 0 aromatic heterocycles. The highest BCUT2D eigenvalue weighted by Gasteiger charge is 2.52. The first-order chi connectivity index (χ1) is 17.1. The lowest BCUT2D eigenvalue weighted by molar-refractivity contribution is -0.00105. The lowest BCUT2D eigenvalue weighted by Crippen LogP contribution is -2.45. The first-order valence-corrected chi connectivity index (χ1v) is 11.9. The van der Waals surface area contributed by atoms with Crippen LogP contribution in [0.4, 0.5) is 0 Å². The summed E-state index contributed by atoms with van der Waals surface area (Å²) in [4.78, 5) is 0. The van der Waals surface area contributed by atoms with Gasteiger partial charge in [-0.25, -0.2) is 0 Å². The lowest BCUT2D eigenvalue weighted by Gasteiger charge is -2.47. The van der Waals surface area contributed by atoms with Gasteiger partial charge in [0.1, 0.15) is 22.7 Å². The van der Waals surface area contributed by atoms with Crippen LogP contribution in [0.15, 0.2) is 97.1 Å². The second-order valence-corrected chi connectivity index (χ2v) is 8.79. The number of benzene rings is 4. The molecule has 0 saturated heterocycles. The van der Waals surface area contributed by atoms with Crippen molar-refractivity contribution in [2.24, 2.45) is 0 Å². The van der Waals surface area contributed by atoms with Gasteiger partial charge in [0, 0.05) is 6.61 Å². The third kappa shape index (κ3) is 3.53. The van der Waals surface area contributed by atoms with E-state index in [1.54, 1.807) is 14.2 Å². The average molecular weight is 467 g/mol. The monoisotopic (exact) mass is 466 g/mol. The number of ether oxygens (including phenoxy) is 3. The Balaban J connectivity index is 1.84. The van der Waals surface area contributed by atoms with Crippen molar-refractivity contribution in [2.45, 2.75) is 24.5 Å². The molecule has 4 aromatic rings. The smallest absolute Gasteiger partial charge is 0.144 e. The van der Waals surface area contributed by atoms with Gasteiger partial charge in [0.15, 0.2) is 0 Å². The summed E-state index contributed by atoms with van der Waals surface area (Å²) in [5.74, 6) is 1.53. The largest absolute Gasteiger partial charge is 0.497 e. The summed E-state index contributed by atoms with van der Waals surface area (Å²) < 4.78 is 17.6. The first-order valence-electron chi connectivity index (χ1n) is 11.9. The number of fused-ring (bicyclic) bond motifs is 2. The number of methoxy groups -OCH3 is 2. The van der Waals surface area contributed by atoms with Gasteiger partial charge in [-0.2, -0.15) is 0 Å². The van der Waals surface area contributed by atoms with Crippen molar-refractivity contribution in [3.05, 3.63) is 130 Å². The summed E-state index contributed by atoms with van der Waals surface area (Å²) in [5.41, 5.74) is 2.98. The van der Waals surface area contributed by atoms with E-state index in [1.807, 2.05) is 72.8 Å². The van der Waals surface area contributed by atoms with Crippen LogP contribution in [0.2, 0.25) is 0 Å². The van der Waals surface area contributed by atoms with E-state index in [4.69, 9.17) is 14.2 Å². The Morgan fingerprint density at radius 3 is 1.46 bits per heavy atom. The molecule has 0 heterocycles. The predicted molar refractivity (Wildman–Crippen MR) is 137 cm³/mol. The molecule has 4 heteroatoms. The molecule has 0 amide bonds. The van der Waals surface area contributed by atoms with E-state index in [9.17, 15) is 5.11 Å². The van der Waals surface area contributed by atoms with Gasteiger partial charge >= 0.3 is 0 Å². The van der Waals surface area contributed by atoms with E-state index in [-0.39, 0.29) is 0 Å². The van der Waals surface area contributed by atoms with Crippen molar-refractivity contribution >= 4 is 0 Å². The molecule has 0 saturated carbocycles. The second kappa shape index (κ2) is 9.21. The molecule has 35 heavy (non-hydrogen) atoms. The van der Waals surface area contributed by atoms with Crippen LogP contribution in [0.25, 0.3) is 0 Å². The zero-order valence-electron chi connectivity index (χ0n) is 20.3. The molecule has 178 valence electrons. The van der Waals surface area contributed by atoms with Crippen LogP contribution in [-0.4, -0.2) is 25.9 Å². The SMILES string of the molecule is CCCOC1(c2ccc(OC)cc2)c2ccccc2C(O)(c2ccc(OC)cc2)c2ccccc21. The number of hydrogen-bond donors (Lipinski definition) is 1. The van der Waals surface area contributed by atoms with Gasteiger partial charge in [-0.3, -0.25) is 0 Å². The molecular weight excluding hydrogens is 436 g/mol. The molecule has 0 fully saturated rings. The molecule has 4 aromatic carbocycles. The Bertz CT molecular complexity index is 1260. The Morgan fingerprint density at radius 1 is 0.600 bits per heavy atom. The van der Waals surface area contributed by atoms with Crippen molar-refractivity contribution in [3.63, 3.8) is 0 Å². The normalized spacial score (nSPS) is 20.6. The van der Waals surface area contributed by atoms with E-state index >= 15 is 0 Å². The van der Waals surface area contributed by atoms with E-state index in [1.165, 1.54) is 0 Å². The zero-order chi connectivity index (χ0) is 24.5. The Morgan fingerprint density at radius 2 is 1.03 bits per heavy atom. The maximum atomic E-state index is 12.6. The minimum atomic E-state index is -1.36.